The van der Waals surface area contributed by atoms with E-state index in [1.165, 1.54) is 11.1 Å². The molecule has 1 fully saturated rings. The molecule has 0 spiro atoms. The second-order valence-electron chi connectivity index (χ2n) is 5.67. The fraction of sp³-hybridized carbons (Fsp3) is 0.500. The number of carbonyl (C=O) groups is 2. The van der Waals surface area contributed by atoms with Crippen molar-refractivity contribution >= 4 is 11.8 Å². The van der Waals surface area contributed by atoms with Crippen molar-refractivity contribution in [2.24, 2.45) is 0 Å². The van der Waals surface area contributed by atoms with E-state index in [4.69, 9.17) is 0 Å². The average molecular weight is 272 g/mol. The number of rotatable bonds is 4. The normalized spacial score (nSPS) is 24.9. The molecule has 0 radical (unpaired) electrons. The Kier molecular flexibility index (Phi) is 3.47. The minimum atomic E-state index is -0.283. The second-order valence-corrected chi connectivity index (χ2v) is 5.67. The zero-order chi connectivity index (χ0) is 14.1. The van der Waals surface area contributed by atoms with Crippen LogP contribution in [0.25, 0.3) is 0 Å². The molecule has 106 valence electrons. The summed E-state index contributed by atoms with van der Waals surface area (Å²) in [5.41, 5.74) is 2.71. The Labute approximate surface area is 119 Å². The molecule has 1 heterocycles. The summed E-state index contributed by atoms with van der Waals surface area (Å²) in [6.45, 7) is 2.87. The lowest BCUT2D eigenvalue weighted by molar-refractivity contribution is -0.146. The van der Waals surface area contributed by atoms with Crippen LogP contribution in [0.5, 0.6) is 0 Å². The van der Waals surface area contributed by atoms with Crippen LogP contribution in [0.1, 0.15) is 36.8 Å². The number of hydrogen-bond donors (Lipinski definition) is 1. The van der Waals surface area contributed by atoms with E-state index >= 15 is 0 Å². The van der Waals surface area contributed by atoms with E-state index in [2.05, 4.69) is 23.5 Å². The Morgan fingerprint density at radius 2 is 2.10 bits per heavy atom. The molecule has 0 saturated carbocycles. The number of benzene rings is 1. The first-order valence-electron chi connectivity index (χ1n) is 7.35. The van der Waals surface area contributed by atoms with Crippen LogP contribution < -0.4 is 5.32 Å². The fourth-order valence-electron chi connectivity index (χ4n) is 3.25. The molecule has 1 aliphatic carbocycles. The van der Waals surface area contributed by atoms with Gasteiger partial charge in [-0.1, -0.05) is 37.6 Å². The molecule has 1 aliphatic heterocycles. The van der Waals surface area contributed by atoms with Crippen molar-refractivity contribution in [1.82, 2.24) is 10.2 Å². The maximum atomic E-state index is 12.1. The molecule has 4 nitrogen and oxygen atoms in total. The first-order valence-corrected chi connectivity index (χ1v) is 7.35. The van der Waals surface area contributed by atoms with Crippen LogP contribution in [-0.4, -0.2) is 35.8 Å². The van der Waals surface area contributed by atoms with Crippen molar-refractivity contribution in [2.45, 2.75) is 38.1 Å². The van der Waals surface area contributed by atoms with Gasteiger partial charge in [-0.05, 0) is 24.0 Å². The van der Waals surface area contributed by atoms with Gasteiger partial charge in [-0.25, -0.2) is 0 Å². The zero-order valence-electron chi connectivity index (χ0n) is 11.8. The molecule has 2 amide bonds. The number of fused-ring (bicyclic) bond motifs is 1. The van der Waals surface area contributed by atoms with Crippen LogP contribution in [-0.2, 0) is 16.0 Å². The van der Waals surface area contributed by atoms with Crippen molar-refractivity contribution < 1.29 is 9.59 Å². The van der Waals surface area contributed by atoms with Crippen LogP contribution in [0.3, 0.4) is 0 Å². The number of nitrogens with one attached hydrogen (secondary N) is 1. The topological polar surface area (TPSA) is 49.4 Å². The molecular formula is C16H20N2O2. The summed E-state index contributed by atoms with van der Waals surface area (Å²) < 4.78 is 0. The van der Waals surface area contributed by atoms with Crippen LogP contribution in [0.2, 0.25) is 0 Å². The summed E-state index contributed by atoms with van der Waals surface area (Å²) in [4.78, 5) is 25.9. The van der Waals surface area contributed by atoms with Crippen molar-refractivity contribution in [3.63, 3.8) is 0 Å². The van der Waals surface area contributed by atoms with Gasteiger partial charge in [0, 0.05) is 12.5 Å². The maximum Gasteiger partial charge on any atom is 0.243 e. The number of amides is 2. The molecule has 3 rings (SSSR count). The molecular weight excluding hydrogens is 252 g/mol. The van der Waals surface area contributed by atoms with Crippen LogP contribution >= 0.6 is 0 Å². The van der Waals surface area contributed by atoms with E-state index in [1.807, 2.05) is 13.0 Å². The SMILES string of the molecule is CCCC1C(=O)NCC(=O)N1CC1Cc2ccccc21. The summed E-state index contributed by atoms with van der Waals surface area (Å²) in [6, 6.07) is 8.08. The van der Waals surface area contributed by atoms with Gasteiger partial charge >= 0.3 is 0 Å². The van der Waals surface area contributed by atoms with Crippen LogP contribution in [0.15, 0.2) is 24.3 Å². The largest absolute Gasteiger partial charge is 0.345 e. The minimum absolute atomic E-state index is 0.000872. The quantitative estimate of drug-likeness (QED) is 0.902. The van der Waals surface area contributed by atoms with Crippen molar-refractivity contribution in [3.05, 3.63) is 35.4 Å². The van der Waals surface area contributed by atoms with Gasteiger partial charge < -0.3 is 10.2 Å². The Morgan fingerprint density at radius 3 is 2.85 bits per heavy atom. The Hall–Kier alpha value is -1.84. The summed E-state index contributed by atoms with van der Waals surface area (Å²) >= 11 is 0. The fourth-order valence-corrected chi connectivity index (χ4v) is 3.25. The summed E-state index contributed by atoms with van der Waals surface area (Å²) in [5, 5.41) is 2.69. The third-order valence-electron chi connectivity index (χ3n) is 4.35. The van der Waals surface area contributed by atoms with E-state index in [9.17, 15) is 9.59 Å². The lowest BCUT2D eigenvalue weighted by Gasteiger charge is -2.40. The molecule has 0 bridgehead atoms. The molecule has 1 aromatic carbocycles. The van der Waals surface area contributed by atoms with Gasteiger partial charge in [-0.2, -0.15) is 0 Å². The molecule has 2 aliphatic rings. The predicted molar refractivity (Wildman–Crippen MR) is 76.3 cm³/mol. The van der Waals surface area contributed by atoms with Gasteiger partial charge in [0.2, 0.25) is 11.8 Å². The molecule has 2 atom stereocenters. The number of carbonyl (C=O) groups excluding carboxylic acids is 2. The summed E-state index contributed by atoms with van der Waals surface area (Å²) in [7, 11) is 0. The van der Waals surface area contributed by atoms with Crippen LogP contribution in [0, 0.1) is 0 Å². The molecule has 1 N–H and O–H groups in total. The molecule has 1 aromatic rings. The highest BCUT2D eigenvalue weighted by Gasteiger charge is 2.37. The van der Waals surface area contributed by atoms with Crippen LogP contribution in [0.4, 0.5) is 0 Å². The highest BCUT2D eigenvalue weighted by Crippen LogP contribution is 2.36. The number of piperazine rings is 1. The first-order chi connectivity index (χ1) is 9.70. The summed E-state index contributed by atoms with van der Waals surface area (Å²) in [6.07, 6.45) is 2.66. The third kappa shape index (κ3) is 2.19. The summed E-state index contributed by atoms with van der Waals surface area (Å²) in [5.74, 6) is 0.437. The Bertz CT molecular complexity index is 541. The van der Waals surface area contributed by atoms with Gasteiger partial charge in [0.05, 0.1) is 6.54 Å². The van der Waals surface area contributed by atoms with Gasteiger partial charge in [0.1, 0.15) is 6.04 Å². The maximum absolute atomic E-state index is 12.1. The van der Waals surface area contributed by atoms with E-state index in [1.54, 1.807) is 4.90 Å². The van der Waals surface area contributed by atoms with Gasteiger partial charge in [-0.3, -0.25) is 9.59 Å². The number of nitrogens with zero attached hydrogens (tertiary/aromatic N) is 1. The van der Waals surface area contributed by atoms with Crippen molar-refractivity contribution in [2.75, 3.05) is 13.1 Å². The molecule has 20 heavy (non-hydrogen) atoms. The molecule has 4 heteroatoms. The Balaban J connectivity index is 1.74. The van der Waals surface area contributed by atoms with E-state index in [-0.39, 0.29) is 24.4 Å². The molecule has 1 saturated heterocycles. The lowest BCUT2D eigenvalue weighted by atomic mass is 9.77. The van der Waals surface area contributed by atoms with E-state index in [0.717, 1.165) is 19.3 Å². The van der Waals surface area contributed by atoms with E-state index < -0.39 is 0 Å². The van der Waals surface area contributed by atoms with E-state index in [0.29, 0.717) is 12.5 Å². The predicted octanol–water partition coefficient (Wildman–Crippen LogP) is 1.45. The monoisotopic (exact) mass is 272 g/mol. The standard InChI is InChI=1S/C16H20N2O2/c1-2-5-14-16(20)17-9-15(19)18(14)10-12-8-11-6-3-4-7-13(11)12/h3-4,6-7,12,14H,2,5,8-10H2,1H3,(H,17,20). The highest BCUT2D eigenvalue weighted by atomic mass is 16.2. The third-order valence-corrected chi connectivity index (χ3v) is 4.35. The van der Waals surface area contributed by atoms with Gasteiger partial charge in [0.25, 0.3) is 0 Å². The minimum Gasteiger partial charge on any atom is -0.345 e. The smallest absolute Gasteiger partial charge is 0.243 e. The van der Waals surface area contributed by atoms with Gasteiger partial charge in [0.15, 0.2) is 0 Å². The molecule has 0 aromatic heterocycles. The average Bonchev–Trinajstić information content (AvgIpc) is 2.43. The number of hydrogen-bond acceptors (Lipinski definition) is 2. The molecule has 2 unspecified atom stereocenters. The first kappa shape index (κ1) is 13.2. The van der Waals surface area contributed by atoms with Gasteiger partial charge in [-0.15, -0.1) is 0 Å². The highest BCUT2D eigenvalue weighted by molar-refractivity contribution is 5.94. The second kappa shape index (κ2) is 5.27. The van der Waals surface area contributed by atoms with Crippen molar-refractivity contribution in [3.8, 4) is 0 Å². The zero-order valence-corrected chi connectivity index (χ0v) is 11.8. The Morgan fingerprint density at radius 1 is 1.30 bits per heavy atom. The lowest BCUT2D eigenvalue weighted by Crippen LogP contribution is -2.59. The van der Waals surface area contributed by atoms with Crippen molar-refractivity contribution in [1.29, 1.82) is 0 Å².